The number of tetrazole rings is 1. The maximum Gasteiger partial charge on any atom is 0.265 e. The number of nitrogens with zero attached hydrogens (tertiary/aromatic N) is 6. The van der Waals surface area contributed by atoms with E-state index in [1.807, 2.05) is 47.1 Å². The highest BCUT2D eigenvalue weighted by Crippen LogP contribution is 2.36. The number of fused-ring (bicyclic) bond motifs is 1. The molecule has 2 heterocycles. The van der Waals surface area contributed by atoms with Crippen molar-refractivity contribution < 1.29 is 4.79 Å². The lowest BCUT2D eigenvalue weighted by Crippen LogP contribution is -2.22. The van der Waals surface area contributed by atoms with E-state index in [2.05, 4.69) is 25.8 Å². The molecule has 9 heteroatoms. The fourth-order valence-electron chi connectivity index (χ4n) is 4.20. The average Bonchev–Trinajstić information content (AvgIpc) is 3.60. The van der Waals surface area contributed by atoms with Gasteiger partial charge in [-0.1, -0.05) is 24.3 Å². The summed E-state index contributed by atoms with van der Waals surface area (Å²) in [5.74, 6) is 1.02. The molecule has 2 aromatic heterocycles. The summed E-state index contributed by atoms with van der Waals surface area (Å²) < 4.78 is 3.39. The summed E-state index contributed by atoms with van der Waals surface area (Å²) in [5.41, 5.74) is 3.13. The number of benzene rings is 3. The van der Waals surface area contributed by atoms with Gasteiger partial charge in [0.25, 0.3) is 11.5 Å². The van der Waals surface area contributed by atoms with Crippen LogP contribution >= 0.6 is 0 Å². The van der Waals surface area contributed by atoms with E-state index < -0.39 is 0 Å². The van der Waals surface area contributed by atoms with E-state index in [0.717, 1.165) is 18.4 Å². The summed E-state index contributed by atoms with van der Waals surface area (Å²) in [7, 11) is 0. The quantitative estimate of drug-likeness (QED) is 0.423. The predicted octanol–water partition coefficient (Wildman–Crippen LogP) is 3.93. The van der Waals surface area contributed by atoms with Gasteiger partial charge in [-0.25, -0.2) is 9.67 Å². The van der Waals surface area contributed by atoms with Gasteiger partial charge >= 0.3 is 0 Å². The Bertz CT molecular complexity index is 1630. The Morgan fingerprint density at radius 1 is 1.00 bits per heavy atom. The highest BCUT2D eigenvalue weighted by molar-refractivity contribution is 6.04. The van der Waals surface area contributed by atoms with Crippen LogP contribution in [0.4, 0.5) is 5.69 Å². The highest BCUT2D eigenvalue weighted by Gasteiger charge is 2.28. The van der Waals surface area contributed by atoms with Crippen LogP contribution in [-0.4, -0.2) is 35.7 Å². The molecule has 0 unspecified atom stereocenters. The van der Waals surface area contributed by atoms with Crippen molar-refractivity contribution in [2.75, 3.05) is 5.32 Å². The summed E-state index contributed by atoms with van der Waals surface area (Å²) in [6.07, 6.45) is 2.15. The van der Waals surface area contributed by atoms with Crippen molar-refractivity contribution in [3.8, 4) is 17.1 Å². The zero-order chi connectivity index (χ0) is 23.9. The molecule has 35 heavy (non-hydrogen) atoms. The molecule has 0 spiro atoms. The van der Waals surface area contributed by atoms with Crippen LogP contribution in [0.3, 0.4) is 0 Å². The second-order valence-electron chi connectivity index (χ2n) is 8.58. The second kappa shape index (κ2) is 8.28. The van der Waals surface area contributed by atoms with Gasteiger partial charge in [0.1, 0.15) is 5.82 Å². The Hall–Kier alpha value is -4.66. The molecular weight excluding hydrogens is 442 g/mol. The zero-order valence-electron chi connectivity index (χ0n) is 18.9. The van der Waals surface area contributed by atoms with Crippen molar-refractivity contribution in [1.29, 1.82) is 0 Å². The molecule has 0 saturated heterocycles. The average molecular weight is 464 g/mol. The molecule has 1 aliphatic rings. The van der Waals surface area contributed by atoms with Gasteiger partial charge in [-0.2, -0.15) is 0 Å². The van der Waals surface area contributed by atoms with Gasteiger partial charge in [-0.05, 0) is 78.7 Å². The lowest BCUT2D eigenvalue weighted by atomic mass is 10.1. The molecule has 3 aromatic carbocycles. The van der Waals surface area contributed by atoms with E-state index in [-0.39, 0.29) is 11.5 Å². The molecule has 1 aliphatic carbocycles. The van der Waals surface area contributed by atoms with E-state index in [9.17, 15) is 9.59 Å². The Balaban J connectivity index is 1.25. The molecular formula is C26H21N7O2. The second-order valence-corrected chi connectivity index (χ2v) is 8.58. The Kier molecular flexibility index (Phi) is 4.95. The molecule has 1 N–H and O–H groups in total. The van der Waals surface area contributed by atoms with Crippen molar-refractivity contribution >= 4 is 22.5 Å². The lowest BCUT2D eigenvalue weighted by molar-refractivity contribution is 0.102. The fraction of sp³-hybridized carbons (Fsp3) is 0.154. The van der Waals surface area contributed by atoms with Gasteiger partial charge in [0, 0.05) is 16.8 Å². The van der Waals surface area contributed by atoms with Crippen LogP contribution in [0.25, 0.3) is 28.0 Å². The number of para-hydroxylation sites is 1. The molecule has 0 radical (unpaired) electrons. The minimum Gasteiger partial charge on any atom is -0.322 e. The third-order valence-corrected chi connectivity index (χ3v) is 6.10. The monoisotopic (exact) mass is 463 g/mol. The first-order valence-corrected chi connectivity index (χ1v) is 11.4. The van der Waals surface area contributed by atoms with Gasteiger partial charge in [-0.15, -0.1) is 5.10 Å². The van der Waals surface area contributed by atoms with E-state index in [1.165, 1.54) is 0 Å². The van der Waals surface area contributed by atoms with Gasteiger partial charge in [0.05, 0.1) is 22.6 Å². The topological polar surface area (TPSA) is 108 Å². The predicted molar refractivity (Wildman–Crippen MR) is 132 cm³/mol. The number of rotatable bonds is 5. The summed E-state index contributed by atoms with van der Waals surface area (Å²) in [6.45, 7) is 1.79. The van der Waals surface area contributed by atoms with Crippen LogP contribution in [0, 0.1) is 6.92 Å². The summed E-state index contributed by atoms with van der Waals surface area (Å²) >= 11 is 0. The van der Waals surface area contributed by atoms with Gasteiger partial charge in [0.15, 0.2) is 5.82 Å². The van der Waals surface area contributed by atoms with Crippen LogP contribution in [-0.2, 0) is 0 Å². The van der Waals surface area contributed by atoms with E-state index in [0.29, 0.717) is 45.5 Å². The highest BCUT2D eigenvalue weighted by atomic mass is 16.1. The van der Waals surface area contributed by atoms with Crippen molar-refractivity contribution in [3.63, 3.8) is 0 Å². The number of carbonyl (C=O) groups is 1. The standard InChI is InChI=1S/C26H21N7O2/c1-16-27-23-8-3-2-7-22(23)26(35)32(16)20-11-9-17(10-12-20)25(34)28-19-6-4-5-18(15-19)24-29-30-31-33(24)21-13-14-21/h2-12,15,21H,13-14H2,1H3,(H,28,34). The summed E-state index contributed by atoms with van der Waals surface area (Å²) in [6, 6.07) is 22.0. The fourth-order valence-corrected chi connectivity index (χ4v) is 4.20. The Morgan fingerprint density at radius 2 is 1.80 bits per heavy atom. The summed E-state index contributed by atoms with van der Waals surface area (Å²) in [4.78, 5) is 30.5. The van der Waals surface area contributed by atoms with Crippen molar-refractivity contribution in [1.82, 2.24) is 29.8 Å². The molecule has 5 aromatic rings. The number of hydrogen-bond acceptors (Lipinski definition) is 6. The molecule has 0 atom stereocenters. The van der Waals surface area contributed by atoms with Gasteiger partial charge < -0.3 is 5.32 Å². The SMILES string of the molecule is Cc1nc2ccccc2c(=O)n1-c1ccc(C(=O)Nc2cccc(-c3nnnn3C3CC3)c2)cc1. The largest absolute Gasteiger partial charge is 0.322 e. The minimum absolute atomic E-state index is 0.143. The van der Waals surface area contributed by atoms with Crippen molar-refractivity contribution in [3.05, 3.63) is 94.5 Å². The van der Waals surface area contributed by atoms with Crippen LogP contribution in [0.2, 0.25) is 0 Å². The van der Waals surface area contributed by atoms with E-state index >= 15 is 0 Å². The Morgan fingerprint density at radius 3 is 2.60 bits per heavy atom. The third kappa shape index (κ3) is 3.86. The maximum atomic E-state index is 13.0. The molecule has 6 rings (SSSR count). The number of nitrogens with one attached hydrogen (secondary N) is 1. The first-order chi connectivity index (χ1) is 17.1. The van der Waals surface area contributed by atoms with E-state index in [1.54, 1.807) is 41.8 Å². The first kappa shape index (κ1) is 20.9. The normalized spacial score (nSPS) is 13.2. The van der Waals surface area contributed by atoms with Crippen molar-refractivity contribution in [2.24, 2.45) is 0 Å². The number of amides is 1. The Labute approximate surface area is 200 Å². The molecule has 1 amide bonds. The van der Waals surface area contributed by atoms with E-state index in [4.69, 9.17) is 0 Å². The summed E-state index contributed by atoms with van der Waals surface area (Å²) in [5, 5.41) is 15.5. The first-order valence-electron chi connectivity index (χ1n) is 11.4. The van der Waals surface area contributed by atoms with Crippen LogP contribution in [0.15, 0.2) is 77.6 Å². The van der Waals surface area contributed by atoms with Crippen molar-refractivity contribution in [2.45, 2.75) is 25.8 Å². The van der Waals surface area contributed by atoms with Gasteiger partial charge in [0.2, 0.25) is 0 Å². The molecule has 1 fully saturated rings. The molecule has 0 bridgehead atoms. The lowest BCUT2D eigenvalue weighted by Gasteiger charge is -2.12. The van der Waals surface area contributed by atoms with Crippen LogP contribution < -0.4 is 10.9 Å². The number of hydrogen-bond donors (Lipinski definition) is 1. The number of carbonyl (C=O) groups excluding carboxylic acids is 1. The molecule has 9 nitrogen and oxygen atoms in total. The number of anilines is 1. The van der Waals surface area contributed by atoms with Gasteiger partial charge in [-0.3, -0.25) is 14.2 Å². The van der Waals surface area contributed by atoms with Crippen LogP contribution in [0.1, 0.15) is 35.1 Å². The minimum atomic E-state index is -0.254. The maximum absolute atomic E-state index is 13.0. The third-order valence-electron chi connectivity index (χ3n) is 6.10. The smallest absolute Gasteiger partial charge is 0.265 e. The number of aromatic nitrogens is 6. The van der Waals surface area contributed by atoms with Crippen LogP contribution in [0.5, 0.6) is 0 Å². The zero-order valence-corrected chi connectivity index (χ0v) is 18.9. The molecule has 172 valence electrons. The number of aryl methyl sites for hydroxylation is 1. The molecule has 0 aliphatic heterocycles. The molecule has 1 saturated carbocycles.